The van der Waals surface area contributed by atoms with Gasteiger partial charge in [0.2, 0.25) is 17.7 Å². The maximum absolute atomic E-state index is 11.9. The summed E-state index contributed by atoms with van der Waals surface area (Å²) >= 11 is 0. The van der Waals surface area contributed by atoms with Crippen molar-refractivity contribution in [2.75, 3.05) is 7.11 Å². The lowest BCUT2D eigenvalue weighted by Crippen LogP contribution is -2.39. The van der Waals surface area contributed by atoms with E-state index in [0.717, 1.165) is 18.4 Å². The molecule has 0 radical (unpaired) electrons. The van der Waals surface area contributed by atoms with Gasteiger partial charge in [-0.15, -0.1) is 0 Å². The Morgan fingerprint density at radius 1 is 1.50 bits per heavy atom. The number of rotatable bonds is 4. The number of amides is 2. The fraction of sp³-hybridized carbons (Fsp3) is 0.500. The molecule has 2 heterocycles. The molecule has 6 heteroatoms. The highest BCUT2D eigenvalue weighted by molar-refractivity contribution is 5.84. The monoisotopic (exact) mass is 275 g/mol. The van der Waals surface area contributed by atoms with Gasteiger partial charge in [0, 0.05) is 24.6 Å². The predicted molar refractivity (Wildman–Crippen MR) is 70.9 cm³/mol. The molecular weight excluding hydrogens is 258 g/mol. The van der Waals surface area contributed by atoms with Gasteiger partial charge in [-0.25, -0.2) is 4.98 Å². The lowest BCUT2D eigenvalue weighted by atomic mass is 10.0. The molecule has 2 amide bonds. The number of nitrogens with one attached hydrogen (secondary N) is 2. The summed E-state index contributed by atoms with van der Waals surface area (Å²) in [7, 11) is 1.55. The lowest BCUT2D eigenvalue weighted by molar-refractivity contribution is -0.123. The van der Waals surface area contributed by atoms with Crippen LogP contribution in [0.15, 0.2) is 18.3 Å². The van der Waals surface area contributed by atoms with E-state index in [9.17, 15) is 9.59 Å². The highest BCUT2D eigenvalue weighted by atomic mass is 16.5. The number of hydrogen-bond acceptors (Lipinski definition) is 4. The SMILES string of the molecule is COc1cc(C2NC(=O)C[C@@H]2NC(=O)C2CC2)ccn1. The van der Waals surface area contributed by atoms with Gasteiger partial charge in [0.05, 0.1) is 19.2 Å². The number of nitrogens with zero attached hydrogens (tertiary/aromatic N) is 1. The number of pyridine rings is 1. The molecule has 1 aromatic rings. The first-order valence-electron chi connectivity index (χ1n) is 6.77. The van der Waals surface area contributed by atoms with Crippen LogP contribution in [0.2, 0.25) is 0 Å². The Kier molecular flexibility index (Phi) is 3.30. The second kappa shape index (κ2) is 5.11. The summed E-state index contributed by atoms with van der Waals surface area (Å²) in [6.45, 7) is 0. The summed E-state index contributed by atoms with van der Waals surface area (Å²) in [4.78, 5) is 27.6. The van der Waals surface area contributed by atoms with Crippen molar-refractivity contribution in [2.45, 2.75) is 31.3 Å². The smallest absolute Gasteiger partial charge is 0.223 e. The molecule has 0 spiro atoms. The third-order valence-corrected chi connectivity index (χ3v) is 3.73. The first-order valence-corrected chi connectivity index (χ1v) is 6.77. The number of methoxy groups -OCH3 is 1. The third-order valence-electron chi connectivity index (χ3n) is 3.73. The molecule has 106 valence electrons. The molecule has 1 saturated heterocycles. The van der Waals surface area contributed by atoms with Gasteiger partial charge in [-0.3, -0.25) is 9.59 Å². The van der Waals surface area contributed by atoms with Crippen molar-refractivity contribution in [3.63, 3.8) is 0 Å². The molecule has 0 bridgehead atoms. The summed E-state index contributed by atoms with van der Waals surface area (Å²) < 4.78 is 5.09. The van der Waals surface area contributed by atoms with Crippen LogP contribution in [0, 0.1) is 5.92 Å². The van der Waals surface area contributed by atoms with Crippen LogP contribution < -0.4 is 15.4 Å². The molecule has 6 nitrogen and oxygen atoms in total. The van der Waals surface area contributed by atoms with Crippen molar-refractivity contribution >= 4 is 11.8 Å². The Morgan fingerprint density at radius 2 is 2.30 bits per heavy atom. The molecule has 1 saturated carbocycles. The summed E-state index contributed by atoms with van der Waals surface area (Å²) in [6, 6.07) is 3.19. The Morgan fingerprint density at radius 3 is 3.00 bits per heavy atom. The summed E-state index contributed by atoms with van der Waals surface area (Å²) in [5.74, 6) is 0.638. The molecule has 1 unspecified atom stereocenters. The quantitative estimate of drug-likeness (QED) is 0.840. The molecule has 2 atom stereocenters. The van der Waals surface area contributed by atoms with E-state index < -0.39 is 0 Å². The minimum Gasteiger partial charge on any atom is -0.481 e. The van der Waals surface area contributed by atoms with Crippen molar-refractivity contribution < 1.29 is 14.3 Å². The van der Waals surface area contributed by atoms with E-state index in [2.05, 4.69) is 15.6 Å². The average Bonchev–Trinajstić information content (AvgIpc) is 3.24. The molecule has 1 aliphatic heterocycles. The van der Waals surface area contributed by atoms with Crippen molar-refractivity contribution in [2.24, 2.45) is 5.92 Å². The number of carbonyl (C=O) groups is 2. The number of hydrogen-bond donors (Lipinski definition) is 2. The Labute approximate surface area is 116 Å². The van der Waals surface area contributed by atoms with Gasteiger partial charge in [0.15, 0.2) is 0 Å². The highest BCUT2D eigenvalue weighted by Gasteiger charge is 2.38. The summed E-state index contributed by atoms with van der Waals surface area (Å²) in [5.41, 5.74) is 0.892. The summed E-state index contributed by atoms with van der Waals surface area (Å²) in [6.07, 6.45) is 3.85. The molecular formula is C14H17N3O3. The van der Waals surface area contributed by atoms with E-state index in [1.54, 1.807) is 19.4 Å². The zero-order chi connectivity index (χ0) is 14.1. The van der Waals surface area contributed by atoms with Gasteiger partial charge >= 0.3 is 0 Å². The van der Waals surface area contributed by atoms with Crippen molar-refractivity contribution in [3.8, 4) is 5.88 Å². The van der Waals surface area contributed by atoms with Crippen LogP contribution in [-0.4, -0.2) is 29.9 Å². The van der Waals surface area contributed by atoms with Gasteiger partial charge in [0.1, 0.15) is 0 Å². The molecule has 20 heavy (non-hydrogen) atoms. The van der Waals surface area contributed by atoms with Gasteiger partial charge in [-0.2, -0.15) is 0 Å². The van der Waals surface area contributed by atoms with Crippen LogP contribution >= 0.6 is 0 Å². The third kappa shape index (κ3) is 2.59. The zero-order valence-corrected chi connectivity index (χ0v) is 11.3. The second-order valence-electron chi connectivity index (χ2n) is 5.27. The molecule has 1 aliphatic carbocycles. The first kappa shape index (κ1) is 12.9. The van der Waals surface area contributed by atoms with Crippen LogP contribution in [0.3, 0.4) is 0 Å². The maximum atomic E-state index is 11.9. The van der Waals surface area contributed by atoms with E-state index in [-0.39, 0.29) is 29.8 Å². The van der Waals surface area contributed by atoms with E-state index in [0.29, 0.717) is 12.3 Å². The minimum atomic E-state index is -0.220. The van der Waals surface area contributed by atoms with Gasteiger partial charge < -0.3 is 15.4 Å². The van der Waals surface area contributed by atoms with Gasteiger partial charge in [0.25, 0.3) is 0 Å². The normalized spacial score (nSPS) is 25.1. The van der Waals surface area contributed by atoms with E-state index in [1.165, 1.54) is 0 Å². The molecule has 2 aliphatic rings. The Balaban J connectivity index is 1.77. The molecule has 2 N–H and O–H groups in total. The predicted octanol–water partition coefficient (Wildman–Crippen LogP) is 0.546. The fourth-order valence-electron chi connectivity index (χ4n) is 2.48. The molecule has 1 aromatic heterocycles. The van der Waals surface area contributed by atoms with Crippen LogP contribution in [0.25, 0.3) is 0 Å². The van der Waals surface area contributed by atoms with Gasteiger partial charge in [-0.05, 0) is 24.5 Å². The second-order valence-corrected chi connectivity index (χ2v) is 5.27. The Bertz CT molecular complexity index is 542. The number of aromatic nitrogens is 1. The average molecular weight is 275 g/mol. The van der Waals surface area contributed by atoms with E-state index >= 15 is 0 Å². The van der Waals surface area contributed by atoms with Crippen LogP contribution in [0.4, 0.5) is 0 Å². The van der Waals surface area contributed by atoms with Crippen LogP contribution in [0.5, 0.6) is 5.88 Å². The van der Waals surface area contributed by atoms with Crippen LogP contribution in [0.1, 0.15) is 30.9 Å². The standard InChI is InChI=1S/C14H17N3O3/c1-20-12-6-9(4-5-15-12)13-10(7-11(18)17-13)16-14(19)8-2-3-8/h4-6,8,10,13H,2-3,7H2,1H3,(H,16,19)(H,17,18)/t10-,13?/m0/s1. The zero-order valence-electron chi connectivity index (χ0n) is 11.3. The topological polar surface area (TPSA) is 80.3 Å². The van der Waals surface area contributed by atoms with Crippen molar-refractivity contribution in [1.82, 2.24) is 15.6 Å². The number of carbonyl (C=O) groups excluding carboxylic acids is 2. The minimum absolute atomic E-state index is 0.0492. The maximum Gasteiger partial charge on any atom is 0.223 e. The van der Waals surface area contributed by atoms with Crippen LogP contribution in [-0.2, 0) is 9.59 Å². The van der Waals surface area contributed by atoms with Gasteiger partial charge in [-0.1, -0.05) is 0 Å². The van der Waals surface area contributed by atoms with Crippen molar-refractivity contribution in [1.29, 1.82) is 0 Å². The van der Waals surface area contributed by atoms with E-state index in [1.807, 2.05) is 6.07 Å². The first-order chi connectivity index (χ1) is 9.67. The largest absolute Gasteiger partial charge is 0.481 e. The Hall–Kier alpha value is -2.11. The summed E-state index contributed by atoms with van der Waals surface area (Å²) in [5, 5.41) is 5.87. The molecule has 3 rings (SSSR count). The fourth-order valence-corrected chi connectivity index (χ4v) is 2.48. The van der Waals surface area contributed by atoms with Crippen molar-refractivity contribution in [3.05, 3.63) is 23.9 Å². The van der Waals surface area contributed by atoms with E-state index in [4.69, 9.17) is 4.74 Å². The highest BCUT2D eigenvalue weighted by Crippen LogP contribution is 2.31. The molecule has 0 aromatic carbocycles. The molecule has 2 fully saturated rings. The number of ether oxygens (including phenoxy) is 1. The lowest BCUT2D eigenvalue weighted by Gasteiger charge is -2.20.